The molecule has 0 bridgehead atoms. The SMILES string of the molecule is Cc1ccc(Cn2c(=O)n(C)c3ccccc32)c(Cl)c1. The van der Waals surface area contributed by atoms with Crippen LogP contribution in [0.1, 0.15) is 11.1 Å². The molecule has 0 aliphatic carbocycles. The summed E-state index contributed by atoms with van der Waals surface area (Å²) < 4.78 is 3.42. The van der Waals surface area contributed by atoms with Crippen LogP contribution in [0.25, 0.3) is 11.0 Å². The molecule has 3 aromatic rings. The first-order valence-electron chi connectivity index (χ1n) is 6.47. The van der Waals surface area contributed by atoms with Crippen molar-refractivity contribution in [2.75, 3.05) is 0 Å². The van der Waals surface area contributed by atoms with Crippen LogP contribution >= 0.6 is 11.6 Å². The van der Waals surface area contributed by atoms with Gasteiger partial charge in [-0.25, -0.2) is 4.79 Å². The van der Waals surface area contributed by atoms with Gasteiger partial charge >= 0.3 is 5.69 Å². The van der Waals surface area contributed by atoms with Crippen molar-refractivity contribution in [1.29, 1.82) is 0 Å². The van der Waals surface area contributed by atoms with Crippen LogP contribution in [0.2, 0.25) is 5.02 Å². The van der Waals surface area contributed by atoms with Crippen molar-refractivity contribution in [3.05, 3.63) is 69.1 Å². The Morgan fingerprint density at radius 1 is 1.10 bits per heavy atom. The minimum atomic E-state index is -0.0251. The molecular weight excluding hydrogens is 272 g/mol. The van der Waals surface area contributed by atoms with E-state index in [9.17, 15) is 4.79 Å². The first-order valence-corrected chi connectivity index (χ1v) is 6.85. The lowest BCUT2D eigenvalue weighted by Gasteiger charge is -2.06. The Kier molecular flexibility index (Phi) is 3.14. The fraction of sp³-hybridized carbons (Fsp3) is 0.188. The van der Waals surface area contributed by atoms with Gasteiger partial charge in [-0.1, -0.05) is 35.9 Å². The van der Waals surface area contributed by atoms with E-state index >= 15 is 0 Å². The molecule has 102 valence electrons. The van der Waals surface area contributed by atoms with Gasteiger partial charge in [-0.2, -0.15) is 0 Å². The molecule has 3 nitrogen and oxygen atoms in total. The predicted molar refractivity (Wildman–Crippen MR) is 82.5 cm³/mol. The van der Waals surface area contributed by atoms with E-state index in [2.05, 4.69) is 0 Å². The van der Waals surface area contributed by atoms with E-state index in [-0.39, 0.29) is 5.69 Å². The topological polar surface area (TPSA) is 26.9 Å². The van der Waals surface area contributed by atoms with E-state index in [0.29, 0.717) is 11.6 Å². The molecule has 3 rings (SSSR count). The zero-order valence-corrected chi connectivity index (χ0v) is 12.2. The molecule has 4 heteroatoms. The van der Waals surface area contributed by atoms with Gasteiger partial charge < -0.3 is 0 Å². The molecule has 0 amide bonds. The Bertz CT molecular complexity index is 845. The summed E-state index contributed by atoms with van der Waals surface area (Å²) in [7, 11) is 1.79. The number of imidazole rings is 1. The van der Waals surface area contributed by atoms with Crippen molar-refractivity contribution in [1.82, 2.24) is 9.13 Å². The van der Waals surface area contributed by atoms with Crippen LogP contribution in [0, 0.1) is 6.92 Å². The number of nitrogens with zero attached hydrogens (tertiary/aromatic N) is 2. The van der Waals surface area contributed by atoms with E-state index in [1.165, 1.54) is 0 Å². The van der Waals surface area contributed by atoms with E-state index in [4.69, 9.17) is 11.6 Å². The van der Waals surface area contributed by atoms with Crippen LogP contribution in [0.4, 0.5) is 0 Å². The second kappa shape index (κ2) is 4.84. The summed E-state index contributed by atoms with van der Waals surface area (Å²) in [4.78, 5) is 12.4. The number of benzene rings is 2. The number of aryl methyl sites for hydroxylation is 2. The van der Waals surface area contributed by atoms with Gasteiger partial charge in [0, 0.05) is 12.1 Å². The van der Waals surface area contributed by atoms with E-state index in [0.717, 1.165) is 22.2 Å². The van der Waals surface area contributed by atoms with Crippen LogP contribution in [-0.2, 0) is 13.6 Å². The summed E-state index contributed by atoms with van der Waals surface area (Å²) in [5, 5.41) is 0.699. The highest BCUT2D eigenvalue weighted by Crippen LogP contribution is 2.20. The third kappa shape index (κ3) is 2.04. The largest absolute Gasteiger partial charge is 0.329 e. The molecule has 0 N–H and O–H groups in total. The summed E-state index contributed by atoms with van der Waals surface area (Å²) in [6, 6.07) is 13.7. The molecule has 0 radical (unpaired) electrons. The van der Waals surface area contributed by atoms with Gasteiger partial charge in [0.2, 0.25) is 0 Å². The van der Waals surface area contributed by atoms with Crippen LogP contribution in [0.15, 0.2) is 47.3 Å². The molecule has 20 heavy (non-hydrogen) atoms. The summed E-state index contributed by atoms with van der Waals surface area (Å²) in [5.74, 6) is 0. The maximum Gasteiger partial charge on any atom is 0.329 e. The molecule has 0 atom stereocenters. The van der Waals surface area contributed by atoms with Gasteiger partial charge in [-0.05, 0) is 36.2 Å². The first-order chi connectivity index (χ1) is 9.58. The zero-order chi connectivity index (χ0) is 14.3. The van der Waals surface area contributed by atoms with Crippen LogP contribution in [-0.4, -0.2) is 9.13 Å². The maximum atomic E-state index is 12.4. The molecule has 2 aromatic carbocycles. The minimum absolute atomic E-state index is 0.0251. The summed E-state index contributed by atoms with van der Waals surface area (Å²) >= 11 is 6.27. The van der Waals surface area contributed by atoms with Crippen molar-refractivity contribution >= 4 is 22.6 Å². The minimum Gasteiger partial charge on any atom is -0.295 e. The Morgan fingerprint density at radius 2 is 1.80 bits per heavy atom. The fourth-order valence-electron chi connectivity index (χ4n) is 2.47. The van der Waals surface area contributed by atoms with Crippen molar-refractivity contribution in [3.8, 4) is 0 Å². The van der Waals surface area contributed by atoms with E-state index < -0.39 is 0 Å². The van der Waals surface area contributed by atoms with Crippen molar-refractivity contribution in [2.45, 2.75) is 13.5 Å². The Hall–Kier alpha value is -2.00. The Morgan fingerprint density at radius 3 is 2.50 bits per heavy atom. The quantitative estimate of drug-likeness (QED) is 0.710. The molecule has 0 unspecified atom stereocenters. The number of aromatic nitrogens is 2. The predicted octanol–water partition coefficient (Wildman–Crippen LogP) is 3.35. The molecule has 0 fully saturated rings. The molecule has 0 saturated heterocycles. The number of hydrogen-bond acceptors (Lipinski definition) is 1. The summed E-state index contributed by atoms with van der Waals surface area (Å²) in [6.07, 6.45) is 0. The van der Waals surface area contributed by atoms with Crippen LogP contribution in [0.5, 0.6) is 0 Å². The third-order valence-corrected chi connectivity index (χ3v) is 3.94. The number of fused-ring (bicyclic) bond motifs is 1. The molecule has 0 spiro atoms. The van der Waals surface area contributed by atoms with Gasteiger partial charge in [-0.15, -0.1) is 0 Å². The van der Waals surface area contributed by atoms with Crippen molar-refractivity contribution in [2.24, 2.45) is 7.05 Å². The molecule has 0 aliphatic rings. The number of halogens is 1. The molecule has 1 aromatic heterocycles. The third-order valence-electron chi connectivity index (χ3n) is 3.59. The lowest BCUT2D eigenvalue weighted by atomic mass is 10.1. The highest BCUT2D eigenvalue weighted by Gasteiger charge is 2.11. The first kappa shape index (κ1) is 13.0. The van der Waals surface area contributed by atoms with E-state index in [1.54, 1.807) is 16.2 Å². The highest BCUT2D eigenvalue weighted by molar-refractivity contribution is 6.31. The van der Waals surface area contributed by atoms with Gasteiger partial charge in [0.1, 0.15) is 0 Å². The second-order valence-corrected chi connectivity index (χ2v) is 5.42. The average Bonchev–Trinajstić information content (AvgIpc) is 2.67. The zero-order valence-electron chi connectivity index (χ0n) is 11.4. The number of para-hydroxylation sites is 2. The average molecular weight is 287 g/mol. The number of rotatable bonds is 2. The van der Waals surface area contributed by atoms with Gasteiger partial charge in [-0.3, -0.25) is 9.13 Å². The van der Waals surface area contributed by atoms with E-state index in [1.807, 2.05) is 49.4 Å². The summed E-state index contributed by atoms with van der Waals surface area (Å²) in [6.45, 7) is 2.49. The van der Waals surface area contributed by atoms with Gasteiger partial charge in [0.05, 0.1) is 17.6 Å². The summed E-state index contributed by atoms with van der Waals surface area (Å²) in [5.41, 5.74) is 3.90. The Balaban J connectivity index is 2.16. The smallest absolute Gasteiger partial charge is 0.295 e. The molecule has 0 aliphatic heterocycles. The normalized spacial score (nSPS) is 11.2. The van der Waals surface area contributed by atoms with Gasteiger partial charge in [0.25, 0.3) is 0 Å². The van der Waals surface area contributed by atoms with Crippen molar-refractivity contribution in [3.63, 3.8) is 0 Å². The lowest BCUT2D eigenvalue weighted by molar-refractivity contribution is 0.736. The Labute approximate surface area is 122 Å². The molecule has 1 heterocycles. The molecule has 0 saturated carbocycles. The van der Waals surface area contributed by atoms with Crippen LogP contribution in [0.3, 0.4) is 0 Å². The number of hydrogen-bond donors (Lipinski definition) is 0. The maximum absolute atomic E-state index is 12.4. The van der Waals surface area contributed by atoms with Crippen molar-refractivity contribution < 1.29 is 0 Å². The molecular formula is C16H15ClN2O. The fourth-order valence-corrected chi connectivity index (χ4v) is 2.76. The lowest BCUT2D eigenvalue weighted by Crippen LogP contribution is -2.22. The monoisotopic (exact) mass is 286 g/mol. The highest BCUT2D eigenvalue weighted by atomic mass is 35.5. The van der Waals surface area contributed by atoms with Crippen LogP contribution < -0.4 is 5.69 Å². The second-order valence-electron chi connectivity index (χ2n) is 5.01. The standard InChI is InChI=1S/C16H15ClN2O/c1-11-7-8-12(13(17)9-11)10-19-15-6-4-3-5-14(15)18(2)16(19)20/h3-9H,10H2,1-2H3. The van der Waals surface area contributed by atoms with Gasteiger partial charge in [0.15, 0.2) is 0 Å².